The van der Waals surface area contributed by atoms with Gasteiger partial charge in [0.25, 0.3) is 0 Å². The molecule has 4 heteroatoms. The van der Waals surface area contributed by atoms with E-state index in [0.29, 0.717) is 23.3 Å². The molecule has 1 fully saturated rings. The van der Waals surface area contributed by atoms with Crippen LogP contribution in [0.3, 0.4) is 0 Å². The van der Waals surface area contributed by atoms with Crippen LogP contribution in [0, 0.1) is 5.92 Å². The summed E-state index contributed by atoms with van der Waals surface area (Å²) in [5.74, 6) is 1.17. The second kappa shape index (κ2) is 5.53. The van der Waals surface area contributed by atoms with Crippen LogP contribution in [0.2, 0.25) is 5.02 Å². The van der Waals surface area contributed by atoms with Crippen LogP contribution < -0.4 is 4.74 Å². The molecule has 1 heterocycles. The number of aliphatic hydroxyl groups excluding tert-OH is 1. The van der Waals surface area contributed by atoms with E-state index in [4.69, 9.17) is 21.1 Å². The predicted octanol–water partition coefficient (Wildman–Crippen LogP) is 2.25. The summed E-state index contributed by atoms with van der Waals surface area (Å²) in [7, 11) is 0. The number of rotatable bonds is 4. The highest BCUT2D eigenvalue weighted by Crippen LogP contribution is 2.24. The minimum Gasteiger partial charge on any atom is -0.493 e. The number of hydrogen-bond donors (Lipinski definition) is 1. The van der Waals surface area contributed by atoms with Crippen LogP contribution in [0.1, 0.15) is 12.0 Å². The molecule has 1 aromatic carbocycles. The van der Waals surface area contributed by atoms with E-state index in [0.717, 1.165) is 25.2 Å². The van der Waals surface area contributed by atoms with Crippen LogP contribution in [-0.2, 0) is 11.3 Å². The Morgan fingerprint density at radius 1 is 1.50 bits per heavy atom. The van der Waals surface area contributed by atoms with Gasteiger partial charge in [-0.1, -0.05) is 11.6 Å². The van der Waals surface area contributed by atoms with Crippen molar-refractivity contribution in [2.24, 2.45) is 5.92 Å². The first-order valence-corrected chi connectivity index (χ1v) is 5.77. The van der Waals surface area contributed by atoms with E-state index in [-0.39, 0.29) is 6.61 Å². The van der Waals surface area contributed by atoms with Gasteiger partial charge < -0.3 is 14.6 Å². The van der Waals surface area contributed by atoms with Crippen LogP contribution in [-0.4, -0.2) is 24.9 Å². The standard InChI is InChI=1S/C12H15ClO3/c13-11-1-2-12(10(5-11)6-14)16-8-9-3-4-15-7-9/h1-2,5,9,14H,3-4,6-8H2. The summed E-state index contributed by atoms with van der Waals surface area (Å²) >= 11 is 5.84. The number of aliphatic hydroxyl groups is 1. The fourth-order valence-electron chi connectivity index (χ4n) is 1.73. The van der Waals surface area contributed by atoms with E-state index in [1.165, 1.54) is 0 Å². The number of benzene rings is 1. The fraction of sp³-hybridized carbons (Fsp3) is 0.500. The van der Waals surface area contributed by atoms with Crippen molar-refractivity contribution in [3.05, 3.63) is 28.8 Å². The molecule has 88 valence electrons. The summed E-state index contributed by atoms with van der Waals surface area (Å²) in [6.07, 6.45) is 1.04. The topological polar surface area (TPSA) is 38.7 Å². The van der Waals surface area contributed by atoms with Crippen molar-refractivity contribution in [1.82, 2.24) is 0 Å². The zero-order chi connectivity index (χ0) is 11.4. The Morgan fingerprint density at radius 2 is 2.38 bits per heavy atom. The molecule has 0 spiro atoms. The molecule has 0 aliphatic carbocycles. The molecular formula is C12H15ClO3. The smallest absolute Gasteiger partial charge is 0.124 e. The third-order valence-corrected chi connectivity index (χ3v) is 2.93. The van der Waals surface area contributed by atoms with Gasteiger partial charge in [-0.15, -0.1) is 0 Å². The Labute approximate surface area is 99.9 Å². The normalized spacial score (nSPS) is 20.0. The molecule has 1 N–H and O–H groups in total. The SMILES string of the molecule is OCc1cc(Cl)ccc1OCC1CCOC1. The van der Waals surface area contributed by atoms with Gasteiger partial charge in [-0.3, -0.25) is 0 Å². The van der Waals surface area contributed by atoms with Gasteiger partial charge in [-0.25, -0.2) is 0 Å². The number of ether oxygens (including phenoxy) is 2. The van der Waals surface area contributed by atoms with Gasteiger partial charge in [0.1, 0.15) is 5.75 Å². The van der Waals surface area contributed by atoms with Gasteiger partial charge in [0.05, 0.1) is 19.8 Å². The number of hydrogen-bond acceptors (Lipinski definition) is 3. The number of halogens is 1. The molecule has 1 aromatic rings. The maximum absolute atomic E-state index is 9.17. The molecule has 16 heavy (non-hydrogen) atoms. The first kappa shape index (κ1) is 11.7. The average molecular weight is 243 g/mol. The van der Waals surface area contributed by atoms with Gasteiger partial charge in [-0.05, 0) is 24.6 Å². The fourth-order valence-corrected chi connectivity index (χ4v) is 1.93. The van der Waals surface area contributed by atoms with E-state index < -0.39 is 0 Å². The van der Waals surface area contributed by atoms with Crippen molar-refractivity contribution >= 4 is 11.6 Å². The van der Waals surface area contributed by atoms with Crippen molar-refractivity contribution < 1.29 is 14.6 Å². The molecule has 1 atom stereocenters. The summed E-state index contributed by atoms with van der Waals surface area (Å²) in [4.78, 5) is 0. The largest absolute Gasteiger partial charge is 0.493 e. The Bertz CT molecular complexity index is 348. The average Bonchev–Trinajstić information content (AvgIpc) is 2.80. The van der Waals surface area contributed by atoms with Crippen LogP contribution in [0.4, 0.5) is 0 Å². The minimum absolute atomic E-state index is 0.0585. The van der Waals surface area contributed by atoms with Gasteiger partial charge in [-0.2, -0.15) is 0 Å². The van der Waals surface area contributed by atoms with Crippen LogP contribution in [0.15, 0.2) is 18.2 Å². The first-order valence-electron chi connectivity index (χ1n) is 5.39. The molecule has 3 nitrogen and oxygen atoms in total. The summed E-state index contributed by atoms with van der Waals surface area (Å²) < 4.78 is 10.9. The molecular weight excluding hydrogens is 228 g/mol. The monoisotopic (exact) mass is 242 g/mol. The summed E-state index contributed by atoms with van der Waals surface area (Å²) in [5, 5.41) is 9.78. The Morgan fingerprint density at radius 3 is 3.06 bits per heavy atom. The third-order valence-electron chi connectivity index (χ3n) is 2.69. The molecule has 1 unspecified atom stereocenters. The van der Waals surface area contributed by atoms with Gasteiger partial charge >= 0.3 is 0 Å². The minimum atomic E-state index is -0.0585. The summed E-state index contributed by atoms with van der Waals surface area (Å²) in [6.45, 7) is 2.16. The maximum Gasteiger partial charge on any atom is 0.124 e. The maximum atomic E-state index is 9.17. The van der Waals surface area contributed by atoms with E-state index in [2.05, 4.69) is 0 Å². The van der Waals surface area contributed by atoms with Crippen molar-refractivity contribution in [3.8, 4) is 5.75 Å². The molecule has 0 saturated carbocycles. The van der Waals surface area contributed by atoms with Gasteiger partial charge in [0, 0.05) is 23.1 Å². The van der Waals surface area contributed by atoms with Crippen molar-refractivity contribution in [1.29, 1.82) is 0 Å². The lowest BCUT2D eigenvalue weighted by molar-refractivity contribution is 0.165. The van der Waals surface area contributed by atoms with E-state index in [1.54, 1.807) is 18.2 Å². The zero-order valence-corrected chi connectivity index (χ0v) is 9.74. The van der Waals surface area contributed by atoms with Crippen LogP contribution in [0.5, 0.6) is 5.75 Å². The van der Waals surface area contributed by atoms with E-state index in [1.807, 2.05) is 0 Å². The quantitative estimate of drug-likeness (QED) is 0.880. The Hall–Kier alpha value is -0.770. The first-order chi connectivity index (χ1) is 7.79. The predicted molar refractivity (Wildman–Crippen MR) is 61.8 cm³/mol. The third kappa shape index (κ3) is 2.88. The van der Waals surface area contributed by atoms with Crippen LogP contribution >= 0.6 is 11.6 Å². The van der Waals surface area contributed by atoms with Crippen molar-refractivity contribution in [2.75, 3.05) is 19.8 Å². The highest BCUT2D eigenvalue weighted by atomic mass is 35.5. The van der Waals surface area contributed by atoms with Crippen LogP contribution in [0.25, 0.3) is 0 Å². The molecule has 1 aliphatic rings. The lowest BCUT2D eigenvalue weighted by Crippen LogP contribution is -2.12. The second-order valence-electron chi connectivity index (χ2n) is 3.95. The summed E-state index contributed by atoms with van der Waals surface area (Å²) in [6, 6.07) is 5.28. The molecule has 0 amide bonds. The Kier molecular flexibility index (Phi) is 4.04. The molecule has 0 radical (unpaired) electrons. The highest BCUT2D eigenvalue weighted by molar-refractivity contribution is 6.30. The molecule has 1 aliphatic heterocycles. The molecule has 0 aromatic heterocycles. The Balaban J connectivity index is 1.97. The second-order valence-corrected chi connectivity index (χ2v) is 4.39. The van der Waals surface area contributed by atoms with Crippen molar-refractivity contribution in [2.45, 2.75) is 13.0 Å². The molecule has 1 saturated heterocycles. The molecule has 2 rings (SSSR count). The van der Waals surface area contributed by atoms with E-state index >= 15 is 0 Å². The van der Waals surface area contributed by atoms with Gasteiger partial charge in [0.15, 0.2) is 0 Å². The summed E-state index contributed by atoms with van der Waals surface area (Å²) in [5.41, 5.74) is 0.728. The van der Waals surface area contributed by atoms with Gasteiger partial charge in [0.2, 0.25) is 0 Å². The van der Waals surface area contributed by atoms with Crippen molar-refractivity contribution in [3.63, 3.8) is 0 Å². The van der Waals surface area contributed by atoms with E-state index in [9.17, 15) is 5.11 Å². The lowest BCUT2D eigenvalue weighted by Gasteiger charge is -2.13. The zero-order valence-electron chi connectivity index (χ0n) is 8.99. The lowest BCUT2D eigenvalue weighted by atomic mass is 10.1. The molecule has 0 bridgehead atoms. The highest BCUT2D eigenvalue weighted by Gasteiger charge is 2.16.